The van der Waals surface area contributed by atoms with Gasteiger partial charge in [0.15, 0.2) is 18.1 Å². The number of anilines is 1. The number of nitrogens with one attached hydrogen (secondary N) is 1. The number of carbonyl (C=O) groups excluding carboxylic acids is 1. The third kappa shape index (κ3) is 4.27. The van der Waals surface area contributed by atoms with Crippen molar-refractivity contribution < 1.29 is 19.0 Å². The Hall–Kier alpha value is -2.89. The first kappa shape index (κ1) is 17.5. The number of para-hydroxylation sites is 1. The van der Waals surface area contributed by atoms with E-state index in [-0.39, 0.29) is 12.5 Å². The third-order valence-electron chi connectivity index (χ3n) is 4.79. The molecule has 2 aliphatic heterocycles. The molecule has 0 spiro atoms. The maximum Gasteiger partial charge on any atom is 0.257 e. The summed E-state index contributed by atoms with van der Waals surface area (Å²) < 4.78 is 16.5. The predicted octanol–water partition coefficient (Wildman–Crippen LogP) is 2.41. The number of hydrogen-bond acceptors (Lipinski definition) is 5. The normalized spacial score (nSPS) is 14.6. The molecule has 0 radical (unpaired) electrons. The van der Waals surface area contributed by atoms with Crippen LogP contribution in [0.4, 0.5) is 5.69 Å². The lowest BCUT2D eigenvalue weighted by molar-refractivity contribution is -0.123. The molecule has 0 saturated carbocycles. The van der Waals surface area contributed by atoms with E-state index in [0.29, 0.717) is 37.0 Å². The van der Waals surface area contributed by atoms with Crippen LogP contribution in [-0.2, 0) is 11.2 Å². The van der Waals surface area contributed by atoms with Crippen LogP contribution in [0.3, 0.4) is 0 Å². The summed E-state index contributed by atoms with van der Waals surface area (Å²) in [6.07, 6.45) is 2.01. The maximum absolute atomic E-state index is 12.0. The van der Waals surface area contributed by atoms with Gasteiger partial charge in [-0.15, -0.1) is 0 Å². The summed E-state index contributed by atoms with van der Waals surface area (Å²) >= 11 is 0. The quantitative estimate of drug-likeness (QED) is 0.761. The smallest absolute Gasteiger partial charge is 0.257 e. The highest BCUT2D eigenvalue weighted by atomic mass is 16.6. The Labute approximate surface area is 159 Å². The SMILES string of the molecule is O=C(COc1ccc2c(c1)OCCO2)NCCCN1CCc2ccccc21. The molecule has 4 rings (SSSR count). The first-order chi connectivity index (χ1) is 13.3. The molecule has 1 N–H and O–H groups in total. The highest BCUT2D eigenvalue weighted by molar-refractivity contribution is 5.77. The summed E-state index contributed by atoms with van der Waals surface area (Å²) in [6, 6.07) is 13.9. The highest BCUT2D eigenvalue weighted by Crippen LogP contribution is 2.33. The van der Waals surface area contributed by atoms with Crippen molar-refractivity contribution in [2.45, 2.75) is 12.8 Å². The molecule has 0 fully saturated rings. The molecule has 6 heteroatoms. The fraction of sp³-hybridized carbons (Fsp3) is 0.381. The lowest BCUT2D eigenvalue weighted by Crippen LogP contribution is -2.32. The molecule has 0 aliphatic carbocycles. The number of hydrogen-bond donors (Lipinski definition) is 1. The van der Waals surface area contributed by atoms with Gasteiger partial charge in [0.2, 0.25) is 0 Å². The second-order valence-electron chi connectivity index (χ2n) is 6.66. The predicted molar refractivity (Wildman–Crippen MR) is 103 cm³/mol. The molecule has 27 heavy (non-hydrogen) atoms. The molecule has 142 valence electrons. The molecule has 0 aromatic heterocycles. The zero-order valence-corrected chi connectivity index (χ0v) is 15.3. The van der Waals surface area contributed by atoms with Crippen LogP contribution in [0.25, 0.3) is 0 Å². The summed E-state index contributed by atoms with van der Waals surface area (Å²) in [7, 11) is 0. The van der Waals surface area contributed by atoms with E-state index in [9.17, 15) is 4.79 Å². The molecule has 6 nitrogen and oxygen atoms in total. The van der Waals surface area contributed by atoms with Gasteiger partial charge in [0.05, 0.1) is 0 Å². The fourth-order valence-corrected chi connectivity index (χ4v) is 3.45. The first-order valence-electron chi connectivity index (χ1n) is 9.41. The number of rotatable bonds is 7. The van der Waals surface area contributed by atoms with Crippen molar-refractivity contribution in [2.24, 2.45) is 0 Å². The molecule has 0 unspecified atom stereocenters. The Morgan fingerprint density at radius 2 is 1.96 bits per heavy atom. The van der Waals surface area contributed by atoms with Crippen LogP contribution in [0.5, 0.6) is 17.2 Å². The Morgan fingerprint density at radius 3 is 2.89 bits per heavy atom. The average Bonchev–Trinajstić information content (AvgIpc) is 3.13. The lowest BCUT2D eigenvalue weighted by Gasteiger charge is -2.19. The van der Waals surface area contributed by atoms with Crippen molar-refractivity contribution in [1.82, 2.24) is 5.32 Å². The minimum Gasteiger partial charge on any atom is -0.486 e. The van der Waals surface area contributed by atoms with Crippen molar-refractivity contribution in [2.75, 3.05) is 44.4 Å². The zero-order chi connectivity index (χ0) is 18.5. The van der Waals surface area contributed by atoms with E-state index in [1.807, 2.05) is 0 Å². The van der Waals surface area contributed by atoms with E-state index >= 15 is 0 Å². The van der Waals surface area contributed by atoms with Gasteiger partial charge in [0, 0.05) is 31.4 Å². The van der Waals surface area contributed by atoms with Gasteiger partial charge in [-0.25, -0.2) is 0 Å². The van der Waals surface area contributed by atoms with Crippen LogP contribution in [0, 0.1) is 0 Å². The van der Waals surface area contributed by atoms with Gasteiger partial charge in [-0.3, -0.25) is 4.79 Å². The molecule has 0 saturated heterocycles. The van der Waals surface area contributed by atoms with Gasteiger partial charge < -0.3 is 24.4 Å². The molecule has 2 aromatic rings. The number of carbonyl (C=O) groups is 1. The second kappa shape index (κ2) is 8.20. The third-order valence-corrected chi connectivity index (χ3v) is 4.79. The maximum atomic E-state index is 12.0. The minimum absolute atomic E-state index is 0.00775. The number of amides is 1. The number of nitrogens with zero attached hydrogens (tertiary/aromatic N) is 1. The Morgan fingerprint density at radius 1 is 1.11 bits per heavy atom. The first-order valence-corrected chi connectivity index (χ1v) is 9.41. The van der Waals surface area contributed by atoms with E-state index in [1.54, 1.807) is 18.2 Å². The van der Waals surface area contributed by atoms with Gasteiger partial charge >= 0.3 is 0 Å². The van der Waals surface area contributed by atoms with E-state index < -0.39 is 0 Å². The number of fused-ring (bicyclic) bond motifs is 2. The standard InChI is InChI=1S/C21H24N2O4/c24-21(15-27-17-6-7-19-20(14-17)26-13-12-25-19)22-9-3-10-23-11-8-16-4-1-2-5-18(16)23/h1-2,4-7,14H,3,8-13,15H2,(H,22,24). The van der Waals surface area contributed by atoms with Gasteiger partial charge in [-0.05, 0) is 36.6 Å². The zero-order valence-electron chi connectivity index (χ0n) is 15.3. The van der Waals surface area contributed by atoms with Gasteiger partial charge in [0.1, 0.15) is 19.0 Å². The summed E-state index contributed by atoms with van der Waals surface area (Å²) in [5.41, 5.74) is 2.74. The van der Waals surface area contributed by atoms with E-state index in [1.165, 1.54) is 11.3 Å². The Kier molecular flexibility index (Phi) is 5.32. The number of benzene rings is 2. The summed E-state index contributed by atoms with van der Waals surface area (Å²) in [5.74, 6) is 1.85. The monoisotopic (exact) mass is 368 g/mol. The van der Waals surface area contributed by atoms with Crippen LogP contribution >= 0.6 is 0 Å². The highest BCUT2D eigenvalue weighted by Gasteiger charge is 2.17. The van der Waals surface area contributed by atoms with Crippen molar-refractivity contribution in [1.29, 1.82) is 0 Å². The molecule has 2 heterocycles. The Bertz CT molecular complexity index is 809. The van der Waals surface area contributed by atoms with E-state index in [0.717, 1.165) is 25.9 Å². The topological polar surface area (TPSA) is 60.0 Å². The van der Waals surface area contributed by atoms with Gasteiger partial charge in [-0.2, -0.15) is 0 Å². The van der Waals surface area contributed by atoms with Crippen molar-refractivity contribution in [3.63, 3.8) is 0 Å². The van der Waals surface area contributed by atoms with Gasteiger partial charge in [-0.1, -0.05) is 18.2 Å². The summed E-state index contributed by atoms with van der Waals surface area (Å²) in [5, 5.41) is 2.92. The average molecular weight is 368 g/mol. The molecular formula is C21H24N2O4. The van der Waals surface area contributed by atoms with Crippen molar-refractivity contribution >= 4 is 11.6 Å². The van der Waals surface area contributed by atoms with E-state index in [2.05, 4.69) is 34.5 Å². The summed E-state index contributed by atoms with van der Waals surface area (Å²) in [4.78, 5) is 14.4. The number of ether oxygens (including phenoxy) is 3. The van der Waals surface area contributed by atoms with Crippen LogP contribution in [-0.4, -0.2) is 45.4 Å². The minimum atomic E-state index is -0.119. The van der Waals surface area contributed by atoms with Crippen LogP contribution in [0.15, 0.2) is 42.5 Å². The molecule has 2 aromatic carbocycles. The lowest BCUT2D eigenvalue weighted by atomic mass is 10.2. The van der Waals surface area contributed by atoms with Crippen molar-refractivity contribution in [3.8, 4) is 17.2 Å². The molecule has 0 atom stereocenters. The van der Waals surface area contributed by atoms with Crippen molar-refractivity contribution in [3.05, 3.63) is 48.0 Å². The Balaban J connectivity index is 1.16. The van der Waals surface area contributed by atoms with Crippen LogP contribution in [0.2, 0.25) is 0 Å². The van der Waals surface area contributed by atoms with Gasteiger partial charge in [0.25, 0.3) is 5.91 Å². The molecule has 2 aliphatic rings. The second-order valence-corrected chi connectivity index (χ2v) is 6.66. The molecular weight excluding hydrogens is 344 g/mol. The van der Waals surface area contributed by atoms with Crippen LogP contribution < -0.4 is 24.4 Å². The molecule has 1 amide bonds. The van der Waals surface area contributed by atoms with Crippen LogP contribution in [0.1, 0.15) is 12.0 Å². The van der Waals surface area contributed by atoms with E-state index in [4.69, 9.17) is 14.2 Å². The summed E-state index contributed by atoms with van der Waals surface area (Å²) in [6.45, 7) is 3.71. The fourth-order valence-electron chi connectivity index (χ4n) is 3.45. The molecule has 0 bridgehead atoms. The largest absolute Gasteiger partial charge is 0.486 e.